The summed E-state index contributed by atoms with van der Waals surface area (Å²) in [5, 5.41) is 16.4. The first kappa shape index (κ1) is 21.2. The topological polar surface area (TPSA) is 71.8 Å². The van der Waals surface area contributed by atoms with Crippen molar-refractivity contribution in [1.29, 1.82) is 0 Å². The summed E-state index contributed by atoms with van der Waals surface area (Å²) in [4.78, 5) is 12.3. The molecular formula is C20H19Cl2N5OS. The lowest BCUT2D eigenvalue weighted by molar-refractivity contribution is -0.113. The molecule has 0 aliphatic rings. The van der Waals surface area contributed by atoms with Crippen LogP contribution in [0.1, 0.15) is 5.82 Å². The number of hydrogen-bond acceptors (Lipinski definition) is 5. The van der Waals surface area contributed by atoms with Crippen molar-refractivity contribution >= 4 is 52.2 Å². The van der Waals surface area contributed by atoms with Crippen LogP contribution in [-0.4, -0.2) is 26.4 Å². The normalized spacial score (nSPS) is 10.6. The molecule has 2 N–H and O–H groups in total. The molecule has 6 nitrogen and oxygen atoms in total. The van der Waals surface area contributed by atoms with E-state index in [2.05, 4.69) is 27.4 Å². The molecule has 29 heavy (non-hydrogen) atoms. The summed E-state index contributed by atoms with van der Waals surface area (Å²) >= 11 is 13.3. The molecule has 3 rings (SSSR count). The highest BCUT2D eigenvalue weighted by atomic mass is 35.5. The molecular weight excluding hydrogens is 429 g/mol. The molecule has 0 aliphatic heterocycles. The minimum absolute atomic E-state index is 0.169. The maximum absolute atomic E-state index is 12.3. The van der Waals surface area contributed by atoms with Gasteiger partial charge in [0.15, 0.2) is 11.0 Å². The number of rotatable bonds is 9. The van der Waals surface area contributed by atoms with E-state index in [1.54, 1.807) is 18.2 Å². The molecule has 0 aliphatic carbocycles. The van der Waals surface area contributed by atoms with Gasteiger partial charge in [0.1, 0.15) is 0 Å². The molecule has 0 bridgehead atoms. The summed E-state index contributed by atoms with van der Waals surface area (Å²) in [6.45, 7) is 4.81. The predicted molar refractivity (Wildman–Crippen MR) is 120 cm³/mol. The zero-order chi connectivity index (χ0) is 20.6. The number of thioether (sulfide) groups is 1. The summed E-state index contributed by atoms with van der Waals surface area (Å²) in [5.41, 5.74) is 1.51. The van der Waals surface area contributed by atoms with Crippen molar-refractivity contribution in [2.75, 3.05) is 16.4 Å². The SMILES string of the molecule is C=CCn1c(CNc2ccc(Cl)cc2)nnc1SCC(=O)Nc1ccccc1Cl. The van der Waals surface area contributed by atoms with Crippen LogP contribution in [0.2, 0.25) is 10.0 Å². The van der Waals surface area contributed by atoms with Crippen LogP contribution < -0.4 is 10.6 Å². The molecule has 9 heteroatoms. The first-order valence-electron chi connectivity index (χ1n) is 8.76. The Morgan fingerprint density at radius 3 is 2.62 bits per heavy atom. The van der Waals surface area contributed by atoms with Crippen LogP contribution in [-0.2, 0) is 17.9 Å². The van der Waals surface area contributed by atoms with E-state index in [0.29, 0.717) is 34.0 Å². The van der Waals surface area contributed by atoms with Crippen LogP contribution in [0.3, 0.4) is 0 Å². The third kappa shape index (κ3) is 6.00. The van der Waals surface area contributed by atoms with Crippen LogP contribution in [0.15, 0.2) is 66.3 Å². The molecule has 0 saturated heterocycles. The average molecular weight is 448 g/mol. The van der Waals surface area contributed by atoms with Gasteiger partial charge in [-0.3, -0.25) is 4.79 Å². The lowest BCUT2D eigenvalue weighted by Gasteiger charge is -2.10. The van der Waals surface area contributed by atoms with Crippen LogP contribution in [0, 0.1) is 0 Å². The monoisotopic (exact) mass is 447 g/mol. The Hall–Kier alpha value is -2.48. The fraction of sp³-hybridized carbons (Fsp3) is 0.150. The highest BCUT2D eigenvalue weighted by Crippen LogP contribution is 2.22. The number of para-hydroxylation sites is 1. The standard InChI is InChI=1S/C20H19Cl2N5OS/c1-2-11-27-18(12-23-15-9-7-14(21)8-10-15)25-26-20(27)29-13-19(28)24-17-6-4-3-5-16(17)22/h2-10,23H,1,11-13H2,(H,24,28). The molecule has 1 heterocycles. The molecule has 1 amide bonds. The van der Waals surface area contributed by atoms with Gasteiger partial charge in [-0.2, -0.15) is 0 Å². The first-order valence-corrected chi connectivity index (χ1v) is 10.5. The van der Waals surface area contributed by atoms with Gasteiger partial charge in [0, 0.05) is 17.3 Å². The van der Waals surface area contributed by atoms with Gasteiger partial charge in [0.25, 0.3) is 0 Å². The van der Waals surface area contributed by atoms with E-state index in [1.165, 1.54) is 11.8 Å². The number of nitrogens with one attached hydrogen (secondary N) is 2. The summed E-state index contributed by atoms with van der Waals surface area (Å²) in [6, 6.07) is 14.5. The Labute approximate surface area is 183 Å². The maximum Gasteiger partial charge on any atom is 0.234 e. The Morgan fingerprint density at radius 2 is 1.90 bits per heavy atom. The number of carbonyl (C=O) groups is 1. The second kappa shape index (κ2) is 10.3. The van der Waals surface area contributed by atoms with Crippen molar-refractivity contribution in [2.45, 2.75) is 18.2 Å². The molecule has 150 valence electrons. The van der Waals surface area contributed by atoms with Crippen molar-refractivity contribution in [3.8, 4) is 0 Å². The zero-order valence-corrected chi connectivity index (χ0v) is 17.8. The Balaban J connectivity index is 1.61. The van der Waals surface area contributed by atoms with Crippen molar-refractivity contribution < 1.29 is 4.79 Å². The lowest BCUT2D eigenvalue weighted by Crippen LogP contribution is -2.15. The minimum Gasteiger partial charge on any atom is -0.378 e. The molecule has 0 fully saturated rings. The number of allylic oxidation sites excluding steroid dienone is 1. The van der Waals surface area contributed by atoms with Gasteiger partial charge in [-0.25, -0.2) is 0 Å². The smallest absolute Gasteiger partial charge is 0.234 e. The third-order valence-electron chi connectivity index (χ3n) is 3.88. The number of carbonyl (C=O) groups excluding carboxylic acids is 1. The summed E-state index contributed by atoms with van der Waals surface area (Å²) in [5.74, 6) is 0.761. The third-order valence-corrected chi connectivity index (χ3v) is 5.43. The van der Waals surface area contributed by atoms with Crippen LogP contribution in [0.25, 0.3) is 0 Å². The number of benzene rings is 2. The molecule has 3 aromatic rings. The van der Waals surface area contributed by atoms with Gasteiger partial charge in [-0.05, 0) is 36.4 Å². The molecule has 0 unspecified atom stereocenters. The van der Waals surface area contributed by atoms with E-state index in [-0.39, 0.29) is 11.7 Å². The van der Waals surface area contributed by atoms with Crippen LogP contribution in [0.5, 0.6) is 0 Å². The van der Waals surface area contributed by atoms with Crippen molar-refractivity contribution in [3.05, 3.63) is 77.1 Å². The lowest BCUT2D eigenvalue weighted by atomic mass is 10.3. The van der Waals surface area contributed by atoms with Crippen LogP contribution in [0.4, 0.5) is 11.4 Å². The second-order valence-electron chi connectivity index (χ2n) is 5.98. The summed E-state index contributed by atoms with van der Waals surface area (Å²) in [6.07, 6.45) is 1.77. The minimum atomic E-state index is -0.169. The second-order valence-corrected chi connectivity index (χ2v) is 7.76. The number of hydrogen-bond donors (Lipinski definition) is 2. The van der Waals surface area contributed by atoms with E-state index in [1.807, 2.05) is 41.0 Å². The van der Waals surface area contributed by atoms with Gasteiger partial charge in [-0.15, -0.1) is 16.8 Å². The number of aromatic nitrogens is 3. The Morgan fingerprint density at radius 1 is 1.14 bits per heavy atom. The van der Waals surface area contributed by atoms with E-state index in [9.17, 15) is 4.79 Å². The molecule has 1 aromatic heterocycles. The largest absolute Gasteiger partial charge is 0.378 e. The maximum atomic E-state index is 12.3. The van der Waals surface area contributed by atoms with E-state index in [0.717, 1.165) is 11.5 Å². The van der Waals surface area contributed by atoms with E-state index in [4.69, 9.17) is 23.2 Å². The molecule has 0 spiro atoms. The van der Waals surface area contributed by atoms with Crippen molar-refractivity contribution in [1.82, 2.24) is 14.8 Å². The van der Waals surface area contributed by atoms with Crippen molar-refractivity contribution in [2.24, 2.45) is 0 Å². The van der Waals surface area contributed by atoms with Crippen molar-refractivity contribution in [3.63, 3.8) is 0 Å². The van der Waals surface area contributed by atoms with E-state index < -0.39 is 0 Å². The average Bonchev–Trinajstić information content (AvgIpc) is 3.10. The predicted octanol–water partition coefficient (Wildman–Crippen LogP) is 5.11. The molecule has 0 atom stereocenters. The highest BCUT2D eigenvalue weighted by Gasteiger charge is 2.14. The number of halogens is 2. The fourth-order valence-electron chi connectivity index (χ4n) is 2.50. The van der Waals surface area contributed by atoms with Crippen LogP contribution >= 0.6 is 35.0 Å². The Kier molecular flexibility index (Phi) is 7.57. The Bertz CT molecular complexity index is 991. The quantitative estimate of drug-likeness (QED) is 0.352. The summed E-state index contributed by atoms with van der Waals surface area (Å²) < 4.78 is 1.92. The molecule has 2 aromatic carbocycles. The fourth-order valence-corrected chi connectivity index (χ4v) is 3.57. The van der Waals surface area contributed by atoms with Gasteiger partial charge < -0.3 is 15.2 Å². The van der Waals surface area contributed by atoms with Gasteiger partial charge >= 0.3 is 0 Å². The number of nitrogens with zero attached hydrogens (tertiary/aromatic N) is 3. The summed E-state index contributed by atoms with van der Waals surface area (Å²) in [7, 11) is 0. The number of amides is 1. The number of anilines is 2. The molecule has 0 radical (unpaired) electrons. The first-order chi connectivity index (χ1) is 14.1. The highest BCUT2D eigenvalue weighted by molar-refractivity contribution is 7.99. The van der Waals surface area contributed by atoms with E-state index >= 15 is 0 Å². The van der Waals surface area contributed by atoms with Gasteiger partial charge in [0.05, 0.1) is 23.0 Å². The van der Waals surface area contributed by atoms with Gasteiger partial charge in [-0.1, -0.05) is 53.2 Å². The zero-order valence-electron chi connectivity index (χ0n) is 15.4. The van der Waals surface area contributed by atoms with Gasteiger partial charge in [0.2, 0.25) is 5.91 Å². The molecule has 0 saturated carbocycles.